The van der Waals surface area contributed by atoms with Gasteiger partial charge in [0.25, 0.3) is 0 Å². The first-order valence-corrected chi connectivity index (χ1v) is 4.34. The summed E-state index contributed by atoms with van der Waals surface area (Å²) in [5.74, 6) is 5.31. The van der Waals surface area contributed by atoms with E-state index in [0.717, 1.165) is 5.56 Å². The molecule has 1 aliphatic rings. The Balaban J connectivity index is 2.70. The van der Waals surface area contributed by atoms with E-state index in [0.29, 0.717) is 16.8 Å². The summed E-state index contributed by atoms with van der Waals surface area (Å²) in [6, 6.07) is 7.34. The Morgan fingerprint density at radius 3 is 2.50 bits per heavy atom. The molecule has 3 heteroatoms. The third-order valence-corrected chi connectivity index (χ3v) is 2.30. The number of hydrazone groups is 1. The molecule has 0 unspecified atom stereocenters. The average Bonchev–Trinajstić information content (AvgIpc) is 2.23. The average molecular weight is 186 g/mol. The van der Waals surface area contributed by atoms with E-state index < -0.39 is 0 Å². The molecule has 0 aliphatic heterocycles. The van der Waals surface area contributed by atoms with Crippen LogP contribution in [0.5, 0.6) is 0 Å². The molecule has 0 bridgehead atoms. The summed E-state index contributed by atoms with van der Waals surface area (Å²) in [6.45, 7) is 1.77. The van der Waals surface area contributed by atoms with Crippen molar-refractivity contribution in [2.75, 3.05) is 0 Å². The van der Waals surface area contributed by atoms with Crippen LogP contribution in [0.2, 0.25) is 0 Å². The molecule has 1 aromatic rings. The van der Waals surface area contributed by atoms with Crippen molar-refractivity contribution >= 4 is 11.5 Å². The van der Waals surface area contributed by atoms with Gasteiger partial charge in [-0.1, -0.05) is 24.3 Å². The van der Waals surface area contributed by atoms with E-state index in [-0.39, 0.29) is 5.78 Å². The number of ketones is 1. The van der Waals surface area contributed by atoms with Crippen molar-refractivity contribution in [3.05, 3.63) is 47.0 Å². The number of carbonyl (C=O) groups is 1. The standard InChI is InChI=1S/C11H10N2O/c1-7-6-10(13-12)8-4-2-3-5-9(8)11(7)14/h2-6H,12H2,1H3/b13-10-. The topological polar surface area (TPSA) is 55.4 Å². The fourth-order valence-corrected chi connectivity index (χ4v) is 1.57. The molecular formula is C11H10N2O. The van der Waals surface area contributed by atoms with Gasteiger partial charge < -0.3 is 5.84 Å². The van der Waals surface area contributed by atoms with Crippen LogP contribution < -0.4 is 5.84 Å². The molecule has 0 spiro atoms. The maximum absolute atomic E-state index is 11.7. The second-order valence-electron chi connectivity index (χ2n) is 3.22. The Kier molecular flexibility index (Phi) is 1.93. The molecule has 1 aromatic carbocycles. The summed E-state index contributed by atoms with van der Waals surface area (Å²) in [5.41, 5.74) is 2.83. The molecule has 0 heterocycles. The SMILES string of the molecule is CC1=C/C(=N/N)c2ccccc2C1=O. The zero-order valence-electron chi connectivity index (χ0n) is 7.82. The third kappa shape index (κ3) is 1.14. The van der Waals surface area contributed by atoms with E-state index in [4.69, 9.17) is 5.84 Å². The van der Waals surface area contributed by atoms with E-state index in [2.05, 4.69) is 5.10 Å². The Morgan fingerprint density at radius 1 is 1.21 bits per heavy atom. The first-order valence-electron chi connectivity index (χ1n) is 4.34. The van der Waals surface area contributed by atoms with Gasteiger partial charge in [-0.25, -0.2) is 0 Å². The Hall–Kier alpha value is -1.90. The smallest absolute Gasteiger partial charge is 0.189 e. The van der Waals surface area contributed by atoms with Gasteiger partial charge in [0.15, 0.2) is 5.78 Å². The number of fused-ring (bicyclic) bond motifs is 1. The monoisotopic (exact) mass is 186 g/mol. The van der Waals surface area contributed by atoms with E-state index in [1.807, 2.05) is 18.2 Å². The molecule has 0 saturated carbocycles. The molecule has 0 saturated heterocycles. The highest BCUT2D eigenvalue weighted by Crippen LogP contribution is 2.20. The number of rotatable bonds is 0. The number of Topliss-reactive ketones (excluding diaryl/α,β-unsaturated/α-hetero) is 1. The summed E-state index contributed by atoms with van der Waals surface area (Å²) >= 11 is 0. The molecule has 2 rings (SSSR count). The van der Waals surface area contributed by atoms with Crippen LogP contribution in [0.15, 0.2) is 41.0 Å². The molecular weight excluding hydrogens is 176 g/mol. The second-order valence-corrected chi connectivity index (χ2v) is 3.22. The van der Waals surface area contributed by atoms with E-state index >= 15 is 0 Å². The Bertz CT molecular complexity index is 458. The van der Waals surface area contributed by atoms with Crippen molar-refractivity contribution in [1.82, 2.24) is 0 Å². The van der Waals surface area contributed by atoms with Crippen LogP contribution in [-0.2, 0) is 0 Å². The highest BCUT2D eigenvalue weighted by atomic mass is 16.1. The number of allylic oxidation sites excluding steroid dienone is 2. The molecule has 14 heavy (non-hydrogen) atoms. The van der Waals surface area contributed by atoms with E-state index in [1.165, 1.54) is 0 Å². The van der Waals surface area contributed by atoms with Crippen molar-refractivity contribution in [1.29, 1.82) is 0 Å². The molecule has 0 atom stereocenters. The molecule has 0 radical (unpaired) electrons. The van der Waals surface area contributed by atoms with E-state index in [1.54, 1.807) is 19.1 Å². The molecule has 1 aliphatic carbocycles. The van der Waals surface area contributed by atoms with Gasteiger partial charge in [-0.3, -0.25) is 4.79 Å². The van der Waals surface area contributed by atoms with Crippen LogP contribution in [0.1, 0.15) is 22.8 Å². The lowest BCUT2D eigenvalue weighted by atomic mass is 9.90. The first kappa shape index (κ1) is 8.69. The number of carbonyl (C=O) groups excluding carboxylic acids is 1. The van der Waals surface area contributed by atoms with Gasteiger partial charge in [-0.05, 0) is 18.6 Å². The Labute approximate surface area is 81.9 Å². The molecule has 70 valence electrons. The molecule has 0 amide bonds. The summed E-state index contributed by atoms with van der Waals surface area (Å²) in [7, 11) is 0. The van der Waals surface area contributed by atoms with Crippen LogP contribution in [0.4, 0.5) is 0 Å². The summed E-state index contributed by atoms with van der Waals surface area (Å²) in [5, 5.41) is 3.66. The van der Waals surface area contributed by atoms with Gasteiger partial charge in [0.2, 0.25) is 0 Å². The largest absolute Gasteiger partial charge is 0.323 e. The second kappa shape index (κ2) is 3.10. The van der Waals surface area contributed by atoms with Gasteiger partial charge in [-0.15, -0.1) is 0 Å². The minimum absolute atomic E-state index is 0.0491. The van der Waals surface area contributed by atoms with Crippen molar-refractivity contribution in [3.63, 3.8) is 0 Å². The maximum atomic E-state index is 11.7. The minimum atomic E-state index is 0.0491. The highest BCUT2D eigenvalue weighted by molar-refractivity contribution is 6.25. The zero-order chi connectivity index (χ0) is 10.1. The predicted octanol–water partition coefficient (Wildman–Crippen LogP) is 1.49. The summed E-state index contributed by atoms with van der Waals surface area (Å²) < 4.78 is 0. The van der Waals surface area contributed by atoms with Crippen LogP contribution in [0.3, 0.4) is 0 Å². The maximum Gasteiger partial charge on any atom is 0.189 e. The zero-order valence-corrected chi connectivity index (χ0v) is 7.82. The van der Waals surface area contributed by atoms with Crippen molar-refractivity contribution in [3.8, 4) is 0 Å². The third-order valence-electron chi connectivity index (χ3n) is 2.30. The molecule has 3 nitrogen and oxygen atoms in total. The van der Waals surface area contributed by atoms with Crippen LogP contribution in [-0.4, -0.2) is 11.5 Å². The normalized spacial score (nSPS) is 17.9. The van der Waals surface area contributed by atoms with Crippen molar-refractivity contribution in [2.45, 2.75) is 6.92 Å². The van der Waals surface area contributed by atoms with Crippen molar-refractivity contribution < 1.29 is 4.79 Å². The lowest BCUT2D eigenvalue weighted by Crippen LogP contribution is -2.16. The fourth-order valence-electron chi connectivity index (χ4n) is 1.57. The van der Waals surface area contributed by atoms with Crippen molar-refractivity contribution in [2.24, 2.45) is 10.9 Å². The number of nitrogens with zero attached hydrogens (tertiary/aromatic N) is 1. The predicted molar refractivity (Wildman–Crippen MR) is 55.3 cm³/mol. The van der Waals surface area contributed by atoms with E-state index in [9.17, 15) is 4.79 Å². The van der Waals surface area contributed by atoms with Gasteiger partial charge >= 0.3 is 0 Å². The summed E-state index contributed by atoms with van der Waals surface area (Å²) in [4.78, 5) is 11.7. The number of nitrogens with two attached hydrogens (primary N) is 1. The number of hydrogen-bond acceptors (Lipinski definition) is 3. The highest BCUT2D eigenvalue weighted by Gasteiger charge is 2.20. The van der Waals surface area contributed by atoms with Gasteiger partial charge in [-0.2, -0.15) is 5.10 Å². The minimum Gasteiger partial charge on any atom is -0.323 e. The van der Waals surface area contributed by atoms with Crippen LogP contribution in [0.25, 0.3) is 0 Å². The lowest BCUT2D eigenvalue weighted by molar-refractivity contribution is 0.103. The molecule has 0 aromatic heterocycles. The number of benzene rings is 1. The quantitative estimate of drug-likeness (QED) is 0.493. The van der Waals surface area contributed by atoms with Crippen LogP contribution >= 0.6 is 0 Å². The fraction of sp³-hybridized carbons (Fsp3) is 0.0909. The first-order chi connectivity index (χ1) is 6.74. The molecule has 0 fully saturated rings. The lowest BCUT2D eigenvalue weighted by Gasteiger charge is -2.13. The van der Waals surface area contributed by atoms with Gasteiger partial charge in [0.1, 0.15) is 0 Å². The van der Waals surface area contributed by atoms with Gasteiger partial charge in [0, 0.05) is 11.1 Å². The summed E-state index contributed by atoms with van der Waals surface area (Å²) in [6.07, 6.45) is 1.71. The Morgan fingerprint density at radius 2 is 1.86 bits per heavy atom. The number of hydrogen-bond donors (Lipinski definition) is 1. The van der Waals surface area contributed by atoms with Gasteiger partial charge in [0.05, 0.1) is 5.71 Å². The van der Waals surface area contributed by atoms with Crippen LogP contribution in [0, 0.1) is 0 Å². The molecule has 2 N–H and O–H groups in total.